The Bertz CT molecular complexity index is 1090. The van der Waals surface area contributed by atoms with Gasteiger partial charge in [-0.05, 0) is 55.1 Å². The number of pyridine rings is 1. The monoisotopic (exact) mass is 375 g/mol. The van der Waals surface area contributed by atoms with Gasteiger partial charge in [0.2, 0.25) is 0 Å². The van der Waals surface area contributed by atoms with Crippen molar-refractivity contribution in [1.82, 2.24) is 19.5 Å². The van der Waals surface area contributed by atoms with Crippen LogP contribution in [0.15, 0.2) is 67.0 Å². The van der Waals surface area contributed by atoms with Gasteiger partial charge in [-0.2, -0.15) is 0 Å². The molecule has 0 aliphatic rings. The number of rotatable bonds is 6. The van der Waals surface area contributed by atoms with Crippen LogP contribution in [0.1, 0.15) is 11.1 Å². The zero-order valence-electron chi connectivity index (χ0n) is 15.9. The summed E-state index contributed by atoms with van der Waals surface area (Å²) in [5, 5.41) is 11.7. The molecule has 0 aliphatic heterocycles. The Morgan fingerprint density at radius 1 is 1.00 bits per heavy atom. The zero-order chi connectivity index (χ0) is 19.5. The van der Waals surface area contributed by atoms with E-state index in [-0.39, 0.29) is 5.82 Å². The van der Waals surface area contributed by atoms with E-state index in [1.165, 1.54) is 17.7 Å². The number of benzene rings is 2. The second-order valence-electron chi connectivity index (χ2n) is 7.07. The number of hydrogen-bond donors (Lipinski definition) is 1. The highest BCUT2D eigenvalue weighted by Gasteiger charge is 2.10. The zero-order valence-corrected chi connectivity index (χ0v) is 15.9. The van der Waals surface area contributed by atoms with Crippen molar-refractivity contribution in [2.45, 2.75) is 13.1 Å². The standard InChI is InChI=1S/C22H22FN5/c1-27(2)14-16-6-8-18(9-7-16)20-10-11-21(28-15-25-26-22(20)28)24-13-17-4-3-5-19(23)12-17/h3-12,15,24H,13-14H2,1-2H3. The minimum atomic E-state index is -0.234. The van der Waals surface area contributed by atoms with Gasteiger partial charge in [-0.25, -0.2) is 4.39 Å². The first-order chi connectivity index (χ1) is 13.6. The minimum Gasteiger partial charge on any atom is -0.367 e. The van der Waals surface area contributed by atoms with Gasteiger partial charge >= 0.3 is 0 Å². The molecule has 0 unspecified atom stereocenters. The van der Waals surface area contributed by atoms with E-state index < -0.39 is 0 Å². The van der Waals surface area contributed by atoms with Crippen molar-refractivity contribution >= 4 is 11.5 Å². The van der Waals surface area contributed by atoms with Crippen LogP contribution in [0.4, 0.5) is 10.2 Å². The maximum absolute atomic E-state index is 13.4. The molecule has 0 spiro atoms. The minimum absolute atomic E-state index is 0.234. The number of aromatic nitrogens is 3. The van der Waals surface area contributed by atoms with E-state index >= 15 is 0 Å². The summed E-state index contributed by atoms with van der Waals surface area (Å²) in [5.41, 5.74) is 5.04. The molecule has 0 atom stereocenters. The first kappa shape index (κ1) is 18.1. The van der Waals surface area contributed by atoms with E-state index in [1.807, 2.05) is 22.6 Å². The first-order valence-electron chi connectivity index (χ1n) is 9.15. The van der Waals surface area contributed by atoms with Crippen molar-refractivity contribution in [2.75, 3.05) is 19.4 Å². The third-order valence-corrected chi connectivity index (χ3v) is 4.58. The van der Waals surface area contributed by atoms with Crippen LogP contribution >= 0.6 is 0 Å². The summed E-state index contributed by atoms with van der Waals surface area (Å²) in [4.78, 5) is 2.14. The van der Waals surface area contributed by atoms with Crippen LogP contribution in [-0.4, -0.2) is 33.6 Å². The van der Waals surface area contributed by atoms with Crippen molar-refractivity contribution in [3.05, 3.63) is 83.9 Å². The molecule has 5 nitrogen and oxygen atoms in total. The van der Waals surface area contributed by atoms with Gasteiger partial charge in [-0.1, -0.05) is 36.4 Å². The lowest BCUT2D eigenvalue weighted by Crippen LogP contribution is -2.10. The average Bonchev–Trinajstić information content (AvgIpc) is 3.17. The SMILES string of the molecule is CN(C)Cc1ccc(-c2ccc(NCc3cccc(F)c3)n3cnnc23)cc1. The molecule has 0 aliphatic carbocycles. The highest BCUT2D eigenvalue weighted by atomic mass is 19.1. The molecular weight excluding hydrogens is 353 g/mol. The molecule has 2 aromatic carbocycles. The Morgan fingerprint density at radius 3 is 2.57 bits per heavy atom. The van der Waals surface area contributed by atoms with Crippen LogP contribution in [-0.2, 0) is 13.1 Å². The second-order valence-corrected chi connectivity index (χ2v) is 7.07. The molecule has 2 heterocycles. The van der Waals surface area contributed by atoms with Gasteiger partial charge in [0.15, 0.2) is 5.65 Å². The molecule has 1 N–H and O–H groups in total. The fourth-order valence-corrected chi connectivity index (χ4v) is 3.28. The number of fused-ring (bicyclic) bond motifs is 1. The summed E-state index contributed by atoms with van der Waals surface area (Å²) < 4.78 is 15.3. The van der Waals surface area contributed by atoms with Crippen LogP contribution in [0.2, 0.25) is 0 Å². The Hall–Kier alpha value is -3.25. The molecule has 28 heavy (non-hydrogen) atoms. The van der Waals surface area contributed by atoms with Crippen molar-refractivity contribution in [3.63, 3.8) is 0 Å². The van der Waals surface area contributed by atoms with Crippen molar-refractivity contribution < 1.29 is 4.39 Å². The van der Waals surface area contributed by atoms with Crippen LogP contribution < -0.4 is 5.32 Å². The topological polar surface area (TPSA) is 45.5 Å². The Kier molecular flexibility index (Phi) is 5.04. The predicted molar refractivity (Wildman–Crippen MR) is 110 cm³/mol. The number of nitrogens with zero attached hydrogens (tertiary/aromatic N) is 4. The second kappa shape index (κ2) is 7.78. The number of nitrogens with one attached hydrogen (secondary N) is 1. The molecule has 6 heteroatoms. The van der Waals surface area contributed by atoms with Gasteiger partial charge in [-0.3, -0.25) is 4.40 Å². The summed E-state index contributed by atoms with van der Waals surface area (Å²) in [6.45, 7) is 1.42. The van der Waals surface area contributed by atoms with E-state index in [0.717, 1.165) is 34.7 Å². The van der Waals surface area contributed by atoms with Crippen molar-refractivity contribution in [1.29, 1.82) is 0 Å². The third kappa shape index (κ3) is 3.87. The lowest BCUT2D eigenvalue weighted by Gasteiger charge is -2.12. The highest BCUT2D eigenvalue weighted by Crippen LogP contribution is 2.26. The number of hydrogen-bond acceptors (Lipinski definition) is 4. The summed E-state index contributed by atoms with van der Waals surface area (Å²) >= 11 is 0. The summed E-state index contributed by atoms with van der Waals surface area (Å²) in [6.07, 6.45) is 1.69. The van der Waals surface area contributed by atoms with Gasteiger partial charge in [0, 0.05) is 18.7 Å². The maximum Gasteiger partial charge on any atom is 0.170 e. The molecule has 0 amide bonds. The summed E-state index contributed by atoms with van der Waals surface area (Å²) in [6, 6.07) is 19.1. The molecule has 0 saturated carbocycles. The van der Waals surface area contributed by atoms with E-state index in [2.05, 4.69) is 58.8 Å². The molecule has 0 radical (unpaired) electrons. The van der Waals surface area contributed by atoms with E-state index in [4.69, 9.17) is 0 Å². The molecule has 142 valence electrons. The number of anilines is 1. The smallest absolute Gasteiger partial charge is 0.170 e. The summed E-state index contributed by atoms with van der Waals surface area (Å²) in [7, 11) is 4.12. The molecule has 0 bridgehead atoms. The number of halogens is 1. The van der Waals surface area contributed by atoms with Crippen LogP contribution in [0.25, 0.3) is 16.8 Å². The van der Waals surface area contributed by atoms with Gasteiger partial charge in [0.05, 0.1) is 0 Å². The Balaban J connectivity index is 1.60. The molecule has 0 fully saturated rings. The predicted octanol–water partition coefficient (Wildman–Crippen LogP) is 4.21. The van der Waals surface area contributed by atoms with Gasteiger partial charge in [0.1, 0.15) is 18.0 Å². The maximum atomic E-state index is 13.4. The Labute approximate surface area is 163 Å². The largest absolute Gasteiger partial charge is 0.367 e. The fraction of sp³-hybridized carbons (Fsp3) is 0.182. The lowest BCUT2D eigenvalue weighted by molar-refractivity contribution is 0.402. The average molecular weight is 375 g/mol. The highest BCUT2D eigenvalue weighted by molar-refractivity contribution is 5.79. The van der Waals surface area contributed by atoms with Crippen molar-refractivity contribution in [3.8, 4) is 11.1 Å². The lowest BCUT2D eigenvalue weighted by atomic mass is 10.0. The molecular formula is C22H22FN5. The quantitative estimate of drug-likeness (QED) is 0.548. The first-order valence-corrected chi connectivity index (χ1v) is 9.15. The van der Waals surface area contributed by atoms with Crippen LogP contribution in [0.3, 0.4) is 0 Å². The van der Waals surface area contributed by atoms with Gasteiger partial charge < -0.3 is 10.2 Å². The molecule has 4 rings (SSSR count). The molecule has 2 aromatic heterocycles. The van der Waals surface area contributed by atoms with Crippen LogP contribution in [0, 0.1) is 5.82 Å². The Morgan fingerprint density at radius 2 is 1.82 bits per heavy atom. The van der Waals surface area contributed by atoms with Crippen molar-refractivity contribution in [2.24, 2.45) is 0 Å². The third-order valence-electron chi connectivity index (χ3n) is 4.58. The fourth-order valence-electron chi connectivity index (χ4n) is 3.28. The van der Waals surface area contributed by atoms with E-state index in [0.29, 0.717) is 6.54 Å². The van der Waals surface area contributed by atoms with E-state index in [9.17, 15) is 4.39 Å². The molecule has 4 aromatic rings. The molecule has 0 saturated heterocycles. The van der Waals surface area contributed by atoms with Crippen LogP contribution in [0.5, 0.6) is 0 Å². The van der Waals surface area contributed by atoms with Gasteiger partial charge in [0.25, 0.3) is 0 Å². The van der Waals surface area contributed by atoms with E-state index in [1.54, 1.807) is 12.4 Å². The van der Waals surface area contributed by atoms with Gasteiger partial charge in [-0.15, -0.1) is 10.2 Å². The normalized spacial score (nSPS) is 11.3. The summed E-state index contributed by atoms with van der Waals surface area (Å²) in [5.74, 6) is 0.624.